The van der Waals surface area contributed by atoms with E-state index in [1.807, 2.05) is 17.8 Å². The van der Waals surface area contributed by atoms with Gasteiger partial charge >= 0.3 is 0 Å². The number of aromatic nitrogens is 2. The maximum Gasteiger partial charge on any atom is 0.145 e. The van der Waals surface area contributed by atoms with Gasteiger partial charge in [-0.3, -0.25) is 5.10 Å². The summed E-state index contributed by atoms with van der Waals surface area (Å²) in [4.78, 5) is 0. The normalized spacial score (nSPS) is 16.0. The average Bonchev–Trinajstić information content (AvgIpc) is 2.63. The number of nitrogens with two attached hydrogens (primary N) is 1. The van der Waals surface area contributed by atoms with Crippen molar-refractivity contribution < 1.29 is 0 Å². The molecule has 0 atom stereocenters. The number of thioether (sulfide) groups is 1. The SMILES string of the molecule is Nc1cc(-c2ccccc2C2CSC2)[nH]n1. The van der Waals surface area contributed by atoms with Crippen LogP contribution >= 0.6 is 11.8 Å². The number of benzene rings is 1. The van der Waals surface area contributed by atoms with Gasteiger partial charge in [0.2, 0.25) is 0 Å². The Kier molecular flexibility index (Phi) is 2.36. The topological polar surface area (TPSA) is 54.7 Å². The van der Waals surface area contributed by atoms with Crippen LogP contribution < -0.4 is 5.73 Å². The van der Waals surface area contributed by atoms with Gasteiger partial charge in [0.05, 0.1) is 5.69 Å². The van der Waals surface area contributed by atoms with Gasteiger partial charge in [-0.1, -0.05) is 24.3 Å². The summed E-state index contributed by atoms with van der Waals surface area (Å²) in [6, 6.07) is 10.4. The third-order valence-electron chi connectivity index (χ3n) is 2.93. The molecule has 2 heterocycles. The lowest BCUT2D eigenvalue weighted by molar-refractivity contribution is 0.851. The Bertz CT molecular complexity index is 502. The highest BCUT2D eigenvalue weighted by molar-refractivity contribution is 8.00. The summed E-state index contributed by atoms with van der Waals surface area (Å²) >= 11 is 2.00. The molecule has 3 N–H and O–H groups in total. The fraction of sp³-hybridized carbons (Fsp3) is 0.250. The fourth-order valence-corrected chi connectivity index (χ4v) is 2.82. The van der Waals surface area contributed by atoms with Gasteiger partial charge in [0, 0.05) is 29.1 Å². The molecule has 16 heavy (non-hydrogen) atoms. The molecule has 1 aliphatic rings. The van der Waals surface area contributed by atoms with Crippen LogP contribution in [0.3, 0.4) is 0 Å². The Morgan fingerprint density at radius 1 is 1.31 bits per heavy atom. The lowest BCUT2D eigenvalue weighted by Gasteiger charge is -2.27. The van der Waals surface area contributed by atoms with Gasteiger partial charge in [-0.25, -0.2) is 0 Å². The predicted molar refractivity (Wildman–Crippen MR) is 68.5 cm³/mol. The fourth-order valence-electron chi connectivity index (χ4n) is 1.99. The highest BCUT2D eigenvalue weighted by atomic mass is 32.2. The molecule has 0 amide bonds. The van der Waals surface area contributed by atoms with Crippen molar-refractivity contribution in [2.45, 2.75) is 5.92 Å². The van der Waals surface area contributed by atoms with E-state index in [1.54, 1.807) is 0 Å². The van der Waals surface area contributed by atoms with E-state index in [9.17, 15) is 0 Å². The minimum Gasteiger partial charge on any atom is -0.382 e. The van der Waals surface area contributed by atoms with E-state index in [0.717, 1.165) is 5.69 Å². The summed E-state index contributed by atoms with van der Waals surface area (Å²) in [6.45, 7) is 0. The van der Waals surface area contributed by atoms with Crippen molar-refractivity contribution in [2.75, 3.05) is 17.2 Å². The van der Waals surface area contributed by atoms with Gasteiger partial charge in [0.1, 0.15) is 5.82 Å². The zero-order chi connectivity index (χ0) is 11.0. The quantitative estimate of drug-likeness (QED) is 0.835. The van der Waals surface area contributed by atoms with E-state index < -0.39 is 0 Å². The van der Waals surface area contributed by atoms with Crippen molar-refractivity contribution in [3.8, 4) is 11.3 Å². The van der Waals surface area contributed by atoms with Crippen molar-refractivity contribution in [1.29, 1.82) is 0 Å². The first-order valence-corrected chi connectivity index (χ1v) is 6.48. The second kappa shape index (κ2) is 3.87. The summed E-state index contributed by atoms with van der Waals surface area (Å²) in [6.07, 6.45) is 0. The number of nitrogens with one attached hydrogen (secondary N) is 1. The molecular formula is C12H13N3S. The van der Waals surface area contributed by atoms with Gasteiger partial charge in [-0.05, 0) is 5.56 Å². The number of H-pyrrole nitrogens is 1. The van der Waals surface area contributed by atoms with Crippen molar-refractivity contribution in [3.05, 3.63) is 35.9 Å². The van der Waals surface area contributed by atoms with Gasteiger partial charge in [0.25, 0.3) is 0 Å². The lowest BCUT2D eigenvalue weighted by Crippen LogP contribution is -2.16. The highest BCUT2D eigenvalue weighted by Crippen LogP contribution is 2.38. The number of anilines is 1. The highest BCUT2D eigenvalue weighted by Gasteiger charge is 2.23. The summed E-state index contributed by atoms with van der Waals surface area (Å²) in [5.74, 6) is 3.68. The van der Waals surface area contributed by atoms with Crippen molar-refractivity contribution in [1.82, 2.24) is 10.2 Å². The molecule has 82 valence electrons. The first-order valence-electron chi connectivity index (χ1n) is 5.32. The van der Waals surface area contributed by atoms with E-state index in [-0.39, 0.29) is 0 Å². The van der Waals surface area contributed by atoms with Crippen LogP contribution in [-0.4, -0.2) is 21.7 Å². The second-order valence-electron chi connectivity index (χ2n) is 4.03. The molecule has 0 unspecified atom stereocenters. The Hall–Kier alpha value is -1.42. The molecule has 1 fully saturated rings. The summed E-state index contributed by atoms with van der Waals surface area (Å²) in [5, 5.41) is 6.97. The molecule has 0 saturated carbocycles. The van der Waals surface area contributed by atoms with Gasteiger partial charge in [-0.15, -0.1) is 0 Å². The number of nitrogens with zero attached hydrogens (tertiary/aromatic N) is 1. The van der Waals surface area contributed by atoms with Crippen molar-refractivity contribution in [2.24, 2.45) is 0 Å². The molecule has 0 radical (unpaired) electrons. The minimum atomic E-state index is 0.549. The number of aromatic amines is 1. The number of hydrogen-bond donors (Lipinski definition) is 2. The van der Waals surface area contributed by atoms with E-state index in [2.05, 4.69) is 34.5 Å². The molecule has 3 rings (SSSR count). The van der Waals surface area contributed by atoms with Crippen LogP contribution in [0.2, 0.25) is 0 Å². The van der Waals surface area contributed by atoms with Gasteiger partial charge < -0.3 is 5.73 Å². The third-order valence-corrected chi connectivity index (χ3v) is 4.20. The number of rotatable bonds is 2. The summed E-state index contributed by atoms with van der Waals surface area (Å²) in [7, 11) is 0. The maximum absolute atomic E-state index is 5.64. The Balaban J connectivity index is 2.05. The molecule has 1 aliphatic heterocycles. The average molecular weight is 231 g/mol. The van der Waals surface area contributed by atoms with Crippen molar-refractivity contribution in [3.63, 3.8) is 0 Å². The van der Waals surface area contributed by atoms with Crippen LogP contribution in [0.4, 0.5) is 5.82 Å². The Labute approximate surface area is 98.4 Å². The zero-order valence-electron chi connectivity index (χ0n) is 8.81. The van der Waals surface area contributed by atoms with Crippen LogP contribution in [0.15, 0.2) is 30.3 Å². The summed E-state index contributed by atoms with van der Waals surface area (Å²) < 4.78 is 0. The monoisotopic (exact) mass is 231 g/mol. The minimum absolute atomic E-state index is 0.549. The summed E-state index contributed by atoms with van der Waals surface area (Å²) in [5.41, 5.74) is 9.30. The Morgan fingerprint density at radius 2 is 2.12 bits per heavy atom. The largest absolute Gasteiger partial charge is 0.382 e. The first kappa shape index (κ1) is 9.78. The maximum atomic E-state index is 5.64. The smallest absolute Gasteiger partial charge is 0.145 e. The molecule has 1 saturated heterocycles. The molecular weight excluding hydrogens is 218 g/mol. The molecule has 1 aromatic carbocycles. The molecule has 1 aromatic heterocycles. The molecule has 0 bridgehead atoms. The zero-order valence-corrected chi connectivity index (χ0v) is 9.63. The lowest BCUT2D eigenvalue weighted by atomic mass is 9.94. The van der Waals surface area contributed by atoms with E-state index in [0.29, 0.717) is 11.7 Å². The van der Waals surface area contributed by atoms with Gasteiger partial charge in [-0.2, -0.15) is 16.9 Å². The van der Waals surface area contributed by atoms with Crippen LogP contribution in [0, 0.1) is 0 Å². The first-order chi connectivity index (χ1) is 7.84. The molecule has 0 spiro atoms. The van der Waals surface area contributed by atoms with Crippen LogP contribution in [0.1, 0.15) is 11.5 Å². The number of nitrogen functional groups attached to an aromatic ring is 1. The number of hydrogen-bond acceptors (Lipinski definition) is 3. The van der Waals surface area contributed by atoms with Crippen LogP contribution in [0.25, 0.3) is 11.3 Å². The van der Waals surface area contributed by atoms with E-state index in [1.165, 1.54) is 22.6 Å². The molecule has 2 aromatic rings. The van der Waals surface area contributed by atoms with Crippen LogP contribution in [0.5, 0.6) is 0 Å². The van der Waals surface area contributed by atoms with Gasteiger partial charge in [0.15, 0.2) is 0 Å². The van der Waals surface area contributed by atoms with E-state index >= 15 is 0 Å². The molecule has 3 nitrogen and oxygen atoms in total. The Morgan fingerprint density at radius 3 is 2.75 bits per heavy atom. The molecule has 4 heteroatoms. The predicted octanol–water partition coefficient (Wildman–Crippen LogP) is 2.49. The van der Waals surface area contributed by atoms with Crippen LogP contribution in [-0.2, 0) is 0 Å². The standard InChI is InChI=1S/C12H13N3S/c13-12-5-11(14-15-12)10-4-2-1-3-9(10)8-6-16-7-8/h1-5,8H,6-7H2,(H3,13,14,15). The van der Waals surface area contributed by atoms with E-state index in [4.69, 9.17) is 5.73 Å². The van der Waals surface area contributed by atoms with Crippen molar-refractivity contribution >= 4 is 17.6 Å². The third kappa shape index (κ3) is 1.59. The molecule has 0 aliphatic carbocycles. The second-order valence-corrected chi connectivity index (χ2v) is 5.10.